The van der Waals surface area contributed by atoms with Gasteiger partial charge in [0.1, 0.15) is 23.4 Å². The number of aryl methyl sites for hydroxylation is 2. The van der Waals surface area contributed by atoms with Crippen LogP contribution in [0.1, 0.15) is 35.2 Å². The molecule has 2 aromatic heterocycles. The Morgan fingerprint density at radius 1 is 0.905 bits per heavy atom. The monoisotopic (exact) mass is 560 g/mol. The lowest BCUT2D eigenvalue weighted by atomic mass is 9.92. The van der Waals surface area contributed by atoms with Crippen LogP contribution in [0.4, 0.5) is 10.2 Å². The number of rotatable bonds is 5. The number of nitrogens with one attached hydrogen (secondary N) is 1. The molecule has 5 aromatic rings. The normalized spacial score (nSPS) is 16.5. The maximum atomic E-state index is 13.7. The van der Waals surface area contributed by atoms with E-state index in [4.69, 9.17) is 4.98 Å². The highest BCUT2D eigenvalue weighted by Gasteiger charge is 2.33. The molecular weight excluding hydrogens is 527 g/mol. The lowest BCUT2D eigenvalue weighted by Gasteiger charge is -2.41. The lowest BCUT2D eigenvalue weighted by molar-refractivity contribution is -0.133. The molecule has 1 unspecified atom stereocenters. The van der Waals surface area contributed by atoms with Gasteiger partial charge < -0.3 is 10.2 Å². The molecule has 1 aliphatic heterocycles. The number of imidazole rings is 1. The zero-order valence-electron chi connectivity index (χ0n) is 23.6. The predicted molar refractivity (Wildman–Crippen MR) is 162 cm³/mol. The Kier molecular flexibility index (Phi) is 6.91. The second-order valence-corrected chi connectivity index (χ2v) is 11.1. The van der Waals surface area contributed by atoms with Crippen molar-refractivity contribution in [2.45, 2.75) is 31.8 Å². The zero-order valence-corrected chi connectivity index (χ0v) is 23.6. The Morgan fingerprint density at radius 3 is 2.21 bits per heavy atom. The highest BCUT2D eigenvalue weighted by Crippen LogP contribution is 2.37. The van der Waals surface area contributed by atoms with Gasteiger partial charge in [-0.15, -0.1) is 0 Å². The van der Waals surface area contributed by atoms with Gasteiger partial charge in [-0.2, -0.15) is 0 Å². The third-order valence-corrected chi connectivity index (χ3v) is 8.63. The average Bonchev–Trinajstić information content (AvgIpc) is 3.30. The van der Waals surface area contributed by atoms with Crippen LogP contribution in [0.2, 0.25) is 0 Å². The molecule has 0 spiro atoms. The van der Waals surface area contributed by atoms with E-state index in [2.05, 4.69) is 63.7 Å². The molecule has 1 saturated heterocycles. The average molecular weight is 561 g/mol. The standard InChI is InChI=1S/C34H33FN6O/c1-23(37-33-31(26-12-14-27(35)15-13-26)38-30-22-36-16-17-41(30)33)34(42)40-20-18-39(19-21-40)32-28-8-4-2-6-24(28)10-11-25-7-3-5-9-29(25)32/h2-9,12-17,22-23,32,37H,10-11,18-21H2,1H3. The third-order valence-electron chi connectivity index (χ3n) is 8.63. The summed E-state index contributed by atoms with van der Waals surface area (Å²) in [4.78, 5) is 27.2. The van der Waals surface area contributed by atoms with Gasteiger partial charge >= 0.3 is 0 Å². The van der Waals surface area contributed by atoms with E-state index < -0.39 is 6.04 Å². The van der Waals surface area contributed by atoms with E-state index >= 15 is 0 Å². The molecule has 3 aromatic carbocycles. The number of hydrogen-bond donors (Lipinski definition) is 1. The molecule has 1 N–H and O–H groups in total. The summed E-state index contributed by atoms with van der Waals surface area (Å²) in [7, 11) is 0. The number of aromatic nitrogens is 3. The van der Waals surface area contributed by atoms with Gasteiger partial charge in [-0.25, -0.2) is 9.37 Å². The molecule has 8 heteroatoms. The van der Waals surface area contributed by atoms with Crippen LogP contribution in [-0.2, 0) is 17.6 Å². The Hall–Kier alpha value is -4.56. The molecule has 1 fully saturated rings. The minimum absolute atomic E-state index is 0.0466. The van der Waals surface area contributed by atoms with E-state index in [9.17, 15) is 9.18 Å². The minimum Gasteiger partial charge on any atom is -0.358 e. The van der Waals surface area contributed by atoms with E-state index in [0.717, 1.165) is 31.5 Å². The van der Waals surface area contributed by atoms with Crippen LogP contribution >= 0.6 is 0 Å². The first-order valence-corrected chi connectivity index (χ1v) is 14.6. The number of halogens is 1. The molecule has 1 amide bonds. The highest BCUT2D eigenvalue weighted by atomic mass is 19.1. The maximum absolute atomic E-state index is 13.7. The lowest BCUT2D eigenvalue weighted by Crippen LogP contribution is -2.53. The van der Waals surface area contributed by atoms with E-state index in [1.165, 1.54) is 34.4 Å². The first-order valence-electron chi connectivity index (χ1n) is 14.6. The van der Waals surface area contributed by atoms with E-state index in [0.29, 0.717) is 30.2 Å². The quantitative estimate of drug-likeness (QED) is 0.313. The van der Waals surface area contributed by atoms with Crippen molar-refractivity contribution in [1.29, 1.82) is 0 Å². The number of amides is 1. The van der Waals surface area contributed by atoms with Gasteiger partial charge in [0.05, 0.1) is 12.2 Å². The van der Waals surface area contributed by atoms with Crippen molar-refractivity contribution in [2.24, 2.45) is 0 Å². The molecule has 42 heavy (non-hydrogen) atoms. The number of hydrogen-bond acceptors (Lipinski definition) is 5. The van der Waals surface area contributed by atoms with Crippen molar-refractivity contribution in [3.63, 3.8) is 0 Å². The van der Waals surface area contributed by atoms with Gasteiger partial charge in [-0.3, -0.25) is 19.1 Å². The van der Waals surface area contributed by atoms with E-state index in [-0.39, 0.29) is 17.8 Å². The molecule has 3 heterocycles. The summed E-state index contributed by atoms with van der Waals surface area (Å²) in [5.41, 5.74) is 7.65. The Labute approximate surface area is 244 Å². The highest BCUT2D eigenvalue weighted by molar-refractivity contribution is 5.86. The summed E-state index contributed by atoms with van der Waals surface area (Å²) < 4.78 is 15.5. The molecule has 0 radical (unpaired) electrons. The number of piperazine rings is 1. The van der Waals surface area contributed by atoms with Crippen LogP contribution in [0.15, 0.2) is 91.4 Å². The SMILES string of the molecule is CC(Nc1c(-c2ccc(F)cc2)nc2cnccn12)C(=O)N1CCN(C2c3ccccc3CCc3ccccc32)CC1. The number of carbonyl (C=O) groups excluding carboxylic acids is 1. The van der Waals surface area contributed by atoms with Crippen LogP contribution in [0.25, 0.3) is 16.9 Å². The summed E-state index contributed by atoms with van der Waals surface area (Å²) in [6.45, 7) is 4.81. The smallest absolute Gasteiger partial charge is 0.244 e. The Bertz CT molecular complexity index is 1690. The van der Waals surface area contributed by atoms with Crippen molar-refractivity contribution in [3.05, 3.63) is 119 Å². The van der Waals surface area contributed by atoms with Gasteiger partial charge in [0.25, 0.3) is 0 Å². The maximum Gasteiger partial charge on any atom is 0.244 e. The van der Waals surface area contributed by atoms with Crippen molar-refractivity contribution in [3.8, 4) is 11.3 Å². The second kappa shape index (κ2) is 11.0. The Balaban J connectivity index is 1.10. The summed E-state index contributed by atoms with van der Waals surface area (Å²) in [5, 5.41) is 3.43. The number of anilines is 1. The summed E-state index contributed by atoms with van der Waals surface area (Å²) >= 11 is 0. The fourth-order valence-electron chi connectivity index (χ4n) is 6.48. The minimum atomic E-state index is -0.483. The molecule has 0 bridgehead atoms. The fourth-order valence-corrected chi connectivity index (χ4v) is 6.48. The number of nitrogens with zero attached hydrogens (tertiary/aromatic N) is 5. The zero-order chi connectivity index (χ0) is 28.6. The number of carbonyl (C=O) groups is 1. The number of benzene rings is 3. The van der Waals surface area contributed by atoms with E-state index in [1.54, 1.807) is 24.5 Å². The molecule has 7 rings (SSSR count). The van der Waals surface area contributed by atoms with Crippen molar-refractivity contribution >= 4 is 17.4 Å². The second-order valence-electron chi connectivity index (χ2n) is 11.1. The summed E-state index contributed by atoms with van der Waals surface area (Å²) in [5.74, 6) is 0.424. The molecule has 7 nitrogen and oxygen atoms in total. The summed E-state index contributed by atoms with van der Waals surface area (Å²) in [6, 6.07) is 23.6. The molecule has 2 aliphatic rings. The summed E-state index contributed by atoms with van der Waals surface area (Å²) in [6.07, 6.45) is 7.27. The van der Waals surface area contributed by atoms with Crippen LogP contribution in [0.3, 0.4) is 0 Å². The fraction of sp³-hybridized carbons (Fsp3) is 0.265. The number of fused-ring (bicyclic) bond motifs is 3. The topological polar surface area (TPSA) is 65.8 Å². The van der Waals surface area contributed by atoms with Crippen LogP contribution < -0.4 is 5.32 Å². The van der Waals surface area contributed by atoms with Gasteiger partial charge in [-0.1, -0.05) is 48.5 Å². The van der Waals surface area contributed by atoms with Gasteiger partial charge in [0, 0.05) is 44.1 Å². The van der Waals surface area contributed by atoms with E-state index in [1.807, 2.05) is 22.4 Å². The van der Waals surface area contributed by atoms with Crippen LogP contribution in [0.5, 0.6) is 0 Å². The van der Waals surface area contributed by atoms with Gasteiger partial charge in [0.15, 0.2) is 5.65 Å². The molecular formula is C34H33FN6O. The van der Waals surface area contributed by atoms with Crippen molar-refractivity contribution in [1.82, 2.24) is 24.2 Å². The molecule has 1 aliphatic carbocycles. The predicted octanol–water partition coefficient (Wildman–Crippen LogP) is 5.37. The first kappa shape index (κ1) is 26.3. The van der Waals surface area contributed by atoms with Crippen molar-refractivity contribution in [2.75, 3.05) is 31.5 Å². The molecule has 0 saturated carbocycles. The molecule has 212 valence electrons. The Morgan fingerprint density at radius 2 is 1.55 bits per heavy atom. The largest absolute Gasteiger partial charge is 0.358 e. The van der Waals surface area contributed by atoms with Crippen molar-refractivity contribution < 1.29 is 9.18 Å². The van der Waals surface area contributed by atoms with Crippen LogP contribution in [0, 0.1) is 5.82 Å². The van der Waals surface area contributed by atoms with Gasteiger partial charge in [-0.05, 0) is 66.3 Å². The molecule has 1 atom stereocenters. The van der Waals surface area contributed by atoms with Crippen LogP contribution in [-0.4, -0.2) is 62.3 Å². The van der Waals surface area contributed by atoms with Gasteiger partial charge in [0.2, 0.25) is 5.91 Å². The third kappa shape index (κ3) is 4.81. The first-order chi connectivity index (χ1) is 20.6.